The fourth-order valence-corrected chi connectivity index (χ4v) is 1.68. The van der Waals surface area contributed by atoms with Crippen molar-refractivity contribution in [2.75, 3.05) is 12.5 Å². The number of ketones is 1. The molecule has 0 aromatic heterocycles. The van der Waals surface area contributed by atoms with E-state index in [2.05, 4.69) is 0 Å². The summed E-state index contributed by atoms with van der Waals surface area (Å²) in [5, 5.41) is 0. The first-order valence-corrected chi connectivity index (χ1v) is 6.15. The Hall–Kier alpha value is -0.730. The zero-order valence-electron chi connectivity index (χ0n) is 9.13. The second-order valence-electron chi connectivity index (χ2n) is 3.40. The van der Waals surface area contributed by atoms with E-state index >= 15 is 0 Å². The van der Waals surface area contributed by atoms with Gasteiger partial charge in [0.1, 0.15) is 5.75 Å². The molecule has 4 heteroatoms. The number of Topliss-reactive ketones (excluding diaryl/α,β-unsaturated/α-hetero) is 1. The summed E-state index contributed by atoms with van der Waals surface area (Å²) in [5.74, 6) is 1.19. The van der Waals surface area contributed by atoms with E-state index < -0.39 is 0 Å². The largest absolute Gasteiger partial charge is 0.494 e. The molecule has 1 rings (SSSR count). The maximum Gasteiger partial charge on any atom is 0.151 e. The van der Waals surface area contributed by atoms with Gasteiger partial charge in [-0.3, -0.25) is 4.79 Å². The number of benzene rings is 1. The number of ether oxygens (including phenoxy) is 1. The van der Waals surface area contributed by atoms with Gasteiger partial charge in [-0.05, 0) is 30.2 Å². The lowest BCUT2D eigenvalue weighted by atomic mass is 10.1. The molecule has 1 aromatic carbocycles. The Bertz CT molecular complexity index is 364. The van der Waals surface area contributed by atoms with Crippen molar-refractivity contribution >= 4 is 29.0 Å². The summed E-state index contributed by atoms with van der Waals surface area (Å²) in [4.78, 5) is 11.2. The first kappa shape index (κ1) is 13.3. The average Bonchev–Trinajstić information content (AvgIpc) is 2.29. The van der Waals surface area contributed by atoms with Crippen LogP contribution < -0.4 is 4.74 Å². The Kier molecular flexibility index (Phi) is 5.64. The average molecular weight is 261 g/mol. The molecule has 16 heavy (non-hydrogen) atoms. The number of hydrogen-bond acceptors (Lipinski definition) is 2. The summed E-state index contributed by atoms with van der Waals surface area (Å²) < 4.78 is 5.40. The minimum atomic E-state index is -0.00385. The Morgan fingerprint density at radius 1 is 1.25 bits per heavy atom. The van der Waals surface area contributed by atoms with Crippen LogP contribution in [-0.2, 0) is 17.1 Å². The lowest BCUT2D eigenvalue weighted by molar-refractivity contribution is -0.116. The lowest BCUT2D eigenvalue weighted by Gasteiger charge is -2.08. The molecule has 0 radical (unpaired) electrons. The van der Waals surface area contributed by atoms with Crippen molar-refractivity contribution in [2.24, 2.45) is 0 Å². The molecule has 0 aliphatic carbocycles. The summed E-state index contributed by atoms with van der Waals surface area (Å²) >= 11 is 11.2. The van der Waals surface area contributed by atoms with E-state index in [4.69, 9.17) is 27.9 Å². The smallest absolute Gasteiger partial charge is 0.151 e. The van der Waals surface area contributed by atoms with Crippen molar-refractivity contribution in [1.82, 2.24) is 0 Å². The molecule has 0 heterocycles. The van der Waals surface area contributed by atoms with E-state index in [0.29, 0.717) is 18.9 Å². The summed E-state index contributed by atoms with van der Waals surface area (Å²) in [6, 6.07) is 5.63. The molecular formula is C12H14Cl2O2. The van der Waals surface area contributed by atoms with E-state index in [1.54, 1.807) is 0 Å². The molecule has 0 amide bonds. The van der Waals surface area contributed by atoms with Crippen LogP contribution in [0.5, 0.6) is 5.75 Å². The molecule has 0 N–H and O–H groups in total. The van der Waals surface area contributed by atoms with Crippen LogP contribution >= 0.6 is 23.2 Å². The first-order valence-electron chi connectivity index (χ1n) is 5.08. The molecule has 0 atom stereocenters. The normalized spacial score (nSPS) is 10.2. The van der Waals surface area contributed by atoms with E-state index in [9.17, 15) is 4.79 Å². The maximum absolute atomic E-state index is 11.2. The predicted molar refractivity (Wildman–Crippen MR) is 66.6 cm³/mol. The van der Waals surface area contributed by atoms with Crippen LogP contribution in [0, 0.1) is 0 Å². The molecule has 0 aliphatic rings. The van der Waals surface area contributed by atoms with Crippen LogP contribution in [0.25, 0.3) is 0 Å². The van der Waals surface area contributed by atoms with Gasteiger partial charge >= 0.3 is 0 Å². The van der Waals surface area contributed by atoms with Crippen LogP contribution in [0.1, 0.15) is 18.1 Å². The number of alkyl halides is 2. The van der Waals surface area contributed by atoms with Gasteiger partial charge < -0.3 is 4.74 Å². The van der Waals surface area contributed by atoms with E-state index in [1.165, 1.54) is 0 Å². The molecule has 0 bridgehead atoms. The third kappa shape index (κ3) is 4.03. The Morgan fingerprint density at radius 2 is 1.94 bits per heavy atom. The molecule has 0 spiro atoms. The standard InChI is InChI=1S/C12H14Cl2O2/c1-2-16-12-5-9(4-11(15)8-14)3-10(6-12)7-13/h3,5-6H,2,4,7-8H2,1H3. The van der Waals surface area contributed by atoms with Crippen molar-refractivity contribution < 1.29 is 9.53 Å². The molecule has 0 saturated carbocycles. The first-order chi connectivity index (χ1) is 7.69. The highest BCUT2D eigenvalue weighted by Gasteiger charge is 2.06. The van der Waals surface area contributed by atoms with Crippen LogP contribution in [0.15, 0.2) is 18.2 Å². The second kappa shape index (κ2) is 6.77. The monoisotopic (exact) mass is 260 g/mol. The van der Waals surface area contributed by atoms with Gasteiger partial charge in [0.2, 0.25) is 0 Å². The minimum Gasteiger partial charge on any atom is -0.494 e. The summed E-state index contributed by atoms with van der Waals surface area (Å²) in [6.45, 7) is 2.51. The van der Waals surface area contributed by atoms with Crippen LogP contribution in [0.2, 0.25) is 0 Å². The van der Waals surface area contributed by atoms with Gasteiger partial charge in [-0.25, -0.2) is 0 Å². The van der Waals surface area contributed by atoms with Gasteiger partial charge in [-0.15, -0.1) is 23.2 Å². The maximum atomic E-state index is 11.2. The second-order valence-corrected chi connectivity index (χ2v) is 3.94. The minimum absolute atomic E-state index is 0.00385. The summed E-state index contributed by atoms with van der Waals surface area (Å²) in [7, 11) is 0. The number of hydrogen-bond donors (Lipinski definition) is 0. The number of carbonyl (C=O) groups is 1. The number of halogens is 2. The third-order valence-electron chi connectivity index (χ3n) is 2.04. The van der Waals surface area contributed by atoms with Crippen molar-refractivity contribution in [1.29, 1.82) is 0 Å². The topological polar surface area (TPSA) is 26.3 Å². The van der Waals surface area contributed by atoms with Crippen molar-refractivity contribution in [3.05, 3.63) is 29.3 Å². The Morgan fingerprint density at radius 3 is 2.50 bits per heavy atom. The van der Waals surface area contributed by atoms with Crippen LogP contribution in [0.3, 0.4) is 0 Å². The van der Waals surface area contributed by atoms with Crippen LogP contribution in [0.4, 0.5) is 0 Å². The molecule has 0 unspecified atom stereocenters. The van der Waals surface area contributed by atoms with Crippen LogP contribution in [-0.4, -0.2) is 18.3 Å². The van der Waals surface area contributed by atoms with E-state index in [-0.39, 0.29) is 11.7 Å². The SMILES string of the molecule is CCOc1cc(CCl)cc(CC(=O)CCl)c1. The van der Waals surface area contributed by atoms with Gasteiger partial charge in [-0.1, -0.05) is 6.07 Å². The zero-order chi connectivity index (χ0) is 12.0. The highest BCUT2D eigenvalue weighted by molar-refractivity contribution is 6.27. The van der Waals surface area contributed by atoms with E-state index in [1.807, 2.05) is 25.1 Å². The molecule has 2 nitrogen and oxygen atoms in total. The zero-order valence-corrected chi connectivity index (χ0v) is 10.6. The van der Waals surface area contributed by atoms with E-state index in [0.717, 1.165) is 16.9 Å². The molecular weight excluding hydrogens is 247 g/mol. The summed E-state index contributed by atoms with van der Waals surface area (Å²) in [6.07, 6.45) is 0.328. The van der Waals surface area contributed by atoms with Gasteiger partial charge in [0.05, 0.1) is 12.5 Å². The fraction of sp³-hybridized carbons (Fsp3) is 0.417. The van der Waals surface area contributed by atoms with Gasteiger partial charge in [0.15, 0.2) is 5.78 Å². The fourth-order valence-electron chi connectivity index (χ4n) is 1.43. The molecule has 88 valence electrons. The molecule has 1 aromatic rings. The number of carbonyl (C=O) groups excluding carboxylic acids is 1. The highest BCUT2D eigenvalue weighted by atomic mass is 35.5. The number of rotatable bonds is 6. The third-order valence-corrected chi connectivity index (χ3v) is 2.65. The van der Waals surface area contributed by atoms with Gasteiger partial charge in [-0.2, -0.15) is 0 Å². The lowest BCUT2D eigenvalue weighted by Crippen LogP contribution is -2.04. The summed E-state index contributed by atoms with van der Waals surface area (Å²) in [5.41, 5.74) is 1.84. The Balaban J connectivity index is 2.90. The van der Waals surface area contributed by atoms with Crippen molar-refractivity contribution in [2.45, 2.75) is 19.2 Å². The molecule has 0 fully saturated rings. The quantitative estimate of drug-likeness (QED) is 0.735. The molecule has 0 aliphatic heterocycles. The van der Waals surface area contributed by atoms with Gasteiger partial charge in [0, 0.05) is 12.3 Å². The molecule has 0 saturated heterocycles. The van der Waals surface area contributed by atoms with Gasteiger partial charge in [0.25, 0.3) is 0 Å². The van der Waals surface area contributed by atoms with Crippen molar-refractivity contribution in [3.8, 4) is 5.75 Å². The predicted octanol–water partition coefficient (Wildman–Crippen LogP) is 3.17. The Labute approximate surface area is 106 Å². The highest BCUT2D eigenvalue weighted by Crippen LogP contribution is 2.19. The van der Waals surface area contributed by atoms with Crippen molar-refractivity contribution in [3.63, 3.8) is 0 Å².